The summed E-state index contributed by atoms with van der Waals surface area (Å²) in [5.41, 5.74) is 5.63. The Bertz CT molecular complexity index is 309. The van der Waals surface area contributed by atoms with Crippen molar-refractivity contribution in [3.63, 3.8) is 0 Å². The molecule has 0 atom stereocenters. The van der Waals surface area contributed by atoms with E-state index in [1.54, 1.807) is 0 Å². The number of aromatic nitrogens is 3. The summed E-state index contributed by atoms with van der Waals surface area (Å²) in [5, 5.41) is 8.29. The van der Waals surface area contributed by atoms with Gasteiger partial charge in [0.25, 0.3) is 0 Å². The lowest BCUT2D eigenvalue weighted by Gasteiger charge is -2.13. The molecule has 0 spiro atoms. The van der Waals surface area contributed by atoms with Crippen LogP contribution in [-0.2, 0) is 17.7 Å². The Morgan fingerprint density at radius 1 is 1.31 bits per heavy atom. The molecule has 1 aromatic heterocycles. The Kier molecular flexibility index (Phi) is 5.42. The highest BCUT2D eigenvalue weighted by atomic mass is 16.5. The highest BCUT2D eigenvalue weighted by Crippen LogP contribution is 2.12. The van der Waals surface area contributed by atoms with Gasteiger partial charge in [-0.1, -0.05) is 0 Å². The second-order valence-electron chi connectivity index (χ2n) is 4.00. The van der Waals surface area contributed by atoms with E-state index in [9.17, 15) is 0 Å². The smallest absolute Gasteiger partial charge is 0.147 e. The molecule has 1 heterocycles. The van der Waals surface area contributed by atoms with E-state index in [2.05, 4.69) is 28.6 Å². The lowest BCUT2D eigenvalue weighted by Crippen LogP contribution is -2.13. The minimum absolute atomic E-state index is 0.357. The van der Waals surface area contributed by atoms with E-state index >= 15 is 0 Å². The molecule has 92 valence electrons. The van der Waals surface area contributed by atoms with Crippen LogP contribution in [0.1, 0.15) is 44.9 Å². The Hall–Kier alpha value is -0.940. The molecule has 0 bridgehead atoms. The van der Waals surface area contributed by atoms with E-state index in [0.29, 0.717) is 12.6 Å². The van der Waals surface area contributed by atoms with Crippen molar-refractivity contribution in [1.82, 2.24) is 14.8 Å². The van der Waals surface area contributed by atoms with Crippen LogP contribution in [0.4, 0.5) is 0 Å². The Morgan fingerprint density at radius 2 is 2.00 bits per heavy atom. The van der Waals surface area contributed by atoms with E-state index in [1.165, 1.54) is 0 Å². The number of ether oxygens (including phenoxy) is 1. The second-order valence-corrected chi connectivity index (χ2v) is 4.00. The maximum absolute atomic E-state index is 5.63. The average molecular weight is 226 g/mol. The van der Waals surface area contributed by atoms with E-state index in [4.69, 9.17) is 10.5 Å². The van der Waals surface area contributed by atoms with E-state index in [1.807, 2.05) is 6.92 Å². The maximum Gasteiger partial charge on any atom is 0.147 e. The van der Waals surface area contributed by atoms with Crippen LogP contribution in [0.2, 0.25) is 0 Å². The minimum atomic E-state index is 0.357. The van der Waals surface area contributed by atoms with E-state index in [0.717, 1.165) is 37.7 Å². The van der Waals surface area contributed by atoms with Crippen LogP contribution in [0.5, 0.6) is 0 Å². The van der Waals surface area contributed by atoms with Gasteiger partial charge in [-0.25, -0.2) is 0 Å². The summed E-state index contributed by atoms with van der Waals surface area (Å²) in [6, 6.07) is 0.357. The predicted molar refractivity (Wildman–Crippen MR) is 63.1 cm³/mol. The summed E-state index contributed by atoms with van der Waals surface area (Å²) < 4.78 is 7.42. The Morgan fingerprint density at radius 3 is 2.56 bits per heavy atom. The number of nitrogens with two attached hydrogens (primary N) is 1. The van der Waals surface area contributed by atoms with Crippen LogP contribution in [0.3, 0.4) is 0 Å². The van der Waals surface area contributed by atoms with Crippen molar-refractivity contribution in [1.29, 1.82) is 0 Å². The highest BCUT2D eigenvalue weighted by Gasteiger charge is 2.12. The predicted octanol–water partition coefficient (Wildman–Crippen LogP) is 1.29. The summed E-state index contributed by atoms with van der Waals surface area (Å²) in [6.45, 7) is 8.23. The molecule has 1 rings (SSSR count). The summed E-state index contributed by atoms with van der Waals surface area (Å²) in [4.78, 5) is 0. The molecule has 0 fully saturated rings. The van der Waals surface area contributed by atoms with Gasteiger partial charge < -0.3 is 15.0 Å². The van der Waals surface area contributed by atoms with Gasteiger partial charge in [-0.3, -0.25) is 0 Å². The van der Waals surface area contributed by atoms with Gasteiger partial charge >= 0.3 is 0 Å². The first kappa shape index (κ1) is 13.1. The topological polar surface area (TPSA) is 66.0 Å². The fraction of sp³-hybridized carbons (Fsp3) is 0.818. The van der Waals surface area contributed by atoms with Gasteiger partial charge in [-0.05, 0) is 27.2 Å². The van der Waals surface area contributed by atoms with Crippen LogP contribution < -0.4 is 5.73 Å². The first-order valence-corrected chi connectivity index (χ1v) is 5.91. The van der Waals surface area contributed by atoms with Gasteiger partial charge in [-0.15, -0.1) is 10.2 Å². The number of nitrogens with zero attached hydrogens (tertiary/aromatic N) is 3. The summed E-state index contributed by atoms with van der Waals surface area (Å²) >= 11 is 0. The molecule has 0 unspecified atom stereocenters. The molecule has 0 saturated heterocycles. The minimum Gasteiger partial charge on any atom is -0.382 e. The zero-order chi connectivity index (χ0) is 12.0. The van der Waals surface area contributed by atoms with Crippen molar-refractivity contribution in [2.45, 2.75) is 46.2 Å². The number of rotatable bonds is 7. The first-order chi connectivity index (χ1) is 7.70. The van der Waals surface area contributed by atoms with E-state index < -0.39 is 0 Å². The summed E-state index contributed by atoms with van der Waals surface area (Å²) in [6.07, 6.45) is 1.87. The second kappa shape index (κ2) is 6.60. The molecule has 0 aliphatic heterocycles. The standard InChI is InChI=1S/C11H22N4O/c1-4-16-7-5-6-10-13-14-11(8-12)15(10)9(2)3/h9H,4-8,12H2,1-3H3. The fourth-order valence-electron chi connectivity index (χ4n) is 1.74. The molecule has 16 heavy (non-hydrogen) atoms. The Labute approximate surface area is 97.0 Å². The van der Waals surface area contributed by atoms with Gasteiger partial charge in [0.1, 0.15) is 11.6 Å². The molecule has 5 heteroatoms. The first-order valence-electron chi connectivity index (χ1n) is 5.91. The van der Waals surface area contributed by atoms with Crippen molar-refractivity contribution in [2.24, 2.45) is 5.73 Å². The third-order valence-corrected chi connectivity index (χ3v) is 2.43. The SMILES string of the molecule is CCOCCCc1nnc(CN)n1C(C)C. The fourth-order valence-corrected chi connectivity index (χ4v) is 1.74. The normalized spacial score (nSPS) is 11.3. The molecule has 0 aliphatic carbocycles. The van der Waals surface area contributed by atoms with Crippen molar-refractivity contribution >= 4 is 0 Å². The van der Waals surface area contributed by atoms with Crippen molar-refractivity contribution < 1.29 is 4.74 Å². The van der Waals surface area contributed by atoms with Gasteiger partial charge in [0, 0.05) is 25.7 Å². The molecule has 0 aliphatic rings. The monoisotopic (exact) mass is 226 g/mol. The lowest BCUT2D eigenvalue weighted by molar-refractivity contribution is 0.144. The third-order valence-electron chi connectivity index (χ3n) is 2.43. The highest BCUT2D eigenvalue weighted by molar-refractivity contribution is 4.97. The van der Waals surface area contributed by atoms with Crippen LogP contribution in [0.25, 0.3) is 0 Å². The molecule has 0 radical (unpaired) electrons. The quantitative estimate of drug-likeness (QED) is 0.711. The Balaban J connectivity index is 2.61. The average Bonchev–Trinajstić information content (AvgIpc) is 2.67. The van der Waals surface area contributed by atoms with Crippen LogP contribution in [0.15, 0.2) is 0 Å². The van der Waals surface area contributed by atoms with Gasteiger partial charge in [0.2, 0.25) is 0 Å². The molecule has 1 aromatic rings. The third kappa shape index (κ3) is 3.28. The number of aryl methyl sites for hydroxylation is 1. The van der Waals surface area contributed by atoms with Gasteiger partial charge in [0.05, 0.1) is 6.54 Å². The largest absolute Gasteiger partial charge is 0.382 e. The van der Waals surface area contributed by atoms with Crippen LogP contribution >= 0.6 is 0 Å². The van der Waals surface area contributed by atoms with Crippen molar-refractivity contribution in [3.8, 4) is 0 Å². The van der Waals surface area contributed by atoms with Crippen molar-refractivity contribution in [3.05, 3.63) is 11.6 Å². The zero-order valence-corrected chi connectivity index (χ0v) is 10.4. The maximum atomic E-state index is 5.63. The molecular weight excluding hydrogens is 204 g/mol. The van der Waals surface area contributed by atoms with Crippen molar-refractivity contribution in [2.75, 3.05) is 13.2 Å². The molecule has 0 saturated carbocycles. The number of hydrogen-bond donors (Lipinski definition) is 1. The van der Waals surface area contributed by atoms with Gasteiger partial charge in [0.15, 0.2) is 0 Å². The molecular formula is C11H22N4O. The van der Waals surface area contributed by atoms with Crippen LogP contribution in [0, 0.1) is 0 Å². The summed E-state index contributed by atoms with van der Waals surface area (Å²) in [5.74, 6) is 1.87. The van der Waals surface area contributed by atoms with Gasteiger partial charge in [-0.2, -0.15) is 0 Å². The van der Waals surface area contributed by atoms with E-state index in [-0.39, 0.29) is 0 Å². The van der Waals surface area contributed by atoms with Crippen LogP contribution in [-0.4, -0.2) is 28.0 Å². The zero-order valence-electron chi connectivity index (χ0n) is 10.4. The molecule has 2 N–H and O–H groups in total. The summed E-state index contributed by atoms with van der Waals surface area (Å²) in [7, 11) is 0. The lowest BCUT2D eigenvalue weighted by atomic mass is 10.2. The molecule has 0 aromatic carbocycles. The molecule has 5 nitrogen and oxygen atoms in total. The number of hydrogen-bond acceptors (Lipinski definition) is 4. The molecule has 0 amide bonds.